The largest absolute Gasteiger partial charge is 0.462 e. The summed E-state index contributed by atoms with van der Waals surface area (Å²) in [5.41, 5.74) is 0.471. The molecular weight excluding hydrogens is 240 g/mol. The summed E-state index contributed by atoms with van der Waals surface area (Å²) in [6.45, 7) is 6.50. The lowest BCUT2D eigenvalue weighted by molar-refractivity contribution is -0.173. The van der Waals surface area contributed by atoms with E-state index in [0.717, 1.165) is 12.8 Å². The molecule has 1 saturated carbocycles. The highest BCUT2D eigenvalue weighted by atomic mass is 16.5. The van der Waals surface area contributed by atoms with Gasteiger partial charge in [-0.05, 0) is 57.4 Å². The van der Waals surface area contributed by atoms with Crippen molar-refractivity contribution in [1.82, 2.24) is 0 Å². The molecular formula is C16H26O3. The second kappa shape index (κ2) is 6.08. The molecule has 3 nitrogen and oxygen atoms in total. The molecule has 1 aliphatic carbocycles. The molecule has 1 unspecified atom stereocenters. The van der Waals surface area contributed by atoms with E-state index in [-0.39, 0.29) is 11.6 Å². The van der Waals surface area contributed by atoms with Crippen LogP contribution in [0, 0.1) is 5.92 Å². The Labute approximate surface area is 116 Å². The van der Waals surface area contributed by atoms with Gasteiger partial charge in [0, 0.05) is 5.57 Å². The minimum Gasteiger partial charge on any atom is -0.462 e. The molecule has 19 heavy (non-hydrogen) atoms. The molecule has 0 aromatic carbocycles. The Balaban J connectivity index is 2.11. The average molecular weight is 266 g/mol. The molecule has 1 atom stereocenters. The van der Waals surface area contributed by atoms with Crippen LogP contribution in [-0.2, 0) is 14.3 Å². The summed E-state index contributed by atoms with van der Waals surface area (Å²) in [6, 6.07) is 0. The fourth-order valence-electron chi connectivity index (χ4n) is 3.44. The maximum absolute atomic E-state index is 11.9. The van der Waals surface area contributed by atoms with Crippen LogP contribution in [0.1, 0.15) is 59.3 Å². The Bertz CT molecular complexity index is 353. The maximum Gasteiger partial charge on any atom is 0.333 e. The Morgan fingerprint density at radius 2 is 2.00 bits per heavy atom. The third-order valence-corrected chi connectivity index (χ3v) is 4.52. The van der Waals surface area contributed by atoms with E-state index in [4.69, 9.17) is 9.47 Å². The van der Waals surface area contributed by atoms with Crippen LogP contribution >= 0.6 is 0 Å². The molecule has 3 aliphatic rings. The number of carbonyl (C=O) groups is 1. The zero-order valence-corrected chi connectivity index (χ0v) is 12.4. The molecule has 2 aliphatic heterocycles. The van der Waals surface area contributed by atoms with E-state index in [0.29, 0.717) is 24.2 Å². The number of esters is 1. The summed E-state index contributed by atoms with van der Waals surface area (Å²) >= 11 is 0. The second-order valence-electron chi connectivity index (χ2n) is 5.86. The van der Waals surface area contributed by atoms with Crippen LogP contribution < -0.4 is 0 Å². The number of ether oxygens (including phenoxy) is 2. The monoisotopic (exact) mass is 266 g/mol. The summed E-state index contributed by atoms with van der Waals surface area (Å²) in [5, 5.41) is 0. The number of rotatable bonds is 5. The van der Waals surface area contributed by atoms with Gasteiger partial charge in [0.05, 0.1) is 18.3 Å². The quantitative estimate of drug-likeness (QED) is 0.563. The van der Waals surface area contributed by atoms with Gasteiger partial charge in [0.2, 0.25) is 0 Å². The fourth-order valence-corrected chi connectivity index (χ4v) is 3.44. The van der Waals surface area contributed by atoms with Gasteiger partial charge >= 0.3 is 5.97 Å². The third kappa shape index (κ3) is 3.02. The van der Waals surface area contributed by atoms with Gasteiger partial charge in [-0.2, -0.15) is 0 Å². The van der Waals surface area contributed by atoms with Gasteiger partial charge in [-0.25, -0.2) is 4.79 Å². The van der Waals surface area contributed by atoms with Gasteiger partial charge in [0.15, 0.2) is 0 Å². The van der Waals surface area contributed by atoms with Crippen LogP contribution in [0.3, 0.4) is 0 Å². The molecule has 2 heterocycles. The zero-order valence-electron chi connectivity index (χ0n) is 12.4. The van der Waals surface area contributed by atoms with Crippen LogP contribution in [0.25, 0.3) is 0 Å². The highest BCUT2D eigenvalue weighted by Gasteiger charge is 2.46. The van der Waals surface area contributed by atoms with E-state index in [9.17, 15) is 4.79 Å². The highest BCUT2D eigenvalue weighted by molar-refractivity contribution is 5.88. The first-order valence-corrected chi connectivity index (χ1v) is 7.65. The van der Waals surface area contributed by atoms with Crippen molar-refractivity contribution in [1.29, 1.82) is 0 Å². The van der Waals surface area contributed by atoms with Gasteiger partial charge in [-0.1, -0.05) is 13.8 Å². The van der Waals surface area contributed by atoms with Crippen LogP contribution in [-0.4, -0.2) is 24.3 Å². The standard InChI is InChI=1S/C16H26O3/c1-4-10-18-15(17)12(3)11-16(5-2)13-6-8-14(19-16)9-7-13/h11,13-14H,4-10H2,1-3H3/b12-11+. The molecule has 2 bridgehead atoms. The van der Waals surface area contributed by atoms with Crippen LogP contribution in [0.15, 0.2) is 11.6 Å². The van der Waals surface area contributed by atoms with E-state index in [1.165, 1.54) is 25.7 Å². The molecule has 0 aromatic rings. The number of fused-ring (bicyclic) bond motifs is 3. The lowest BCUT2D eigenvalue weighted by atomic mass is 9.70. The predicted octanol–water partition coefficient (Wildman–Crippen LogP) is 3.62. The van der Waals surface area contributed by atoms with Crippen molar-refractivity contribution in [2.75, 3.05) is 6.61 Å². The van der Waals surface area contributed by atoms with Crippen molar-refractivity contribution >= 4 is 5.97 Å². The normalized spacial score (nSPS) is 34.4. The second-order valence-corrected chi connectivity index (χ2v) is 5.86. The minimum atomic E-state index is -0.226. The van der Waals surface area contributed by atoms with E-state index < -0.39 is 0 Å². The van der Waals surface area contributed by atoms with Crippen LogP contribution in [0.4, 0.5) is 0 Å². The molecule has 0 radical (unpaired) electrons. The first kappa shape index (κ1) is 14.6. The smallest absolute Gasteiger partial charge is 0.333 e. The lowest BCUT2D eigenvalue weighted by Gasteiger charge is -2.50. The Morgan fingerprint density at radius 1 is 1.32 bits per heavy atom. The highest BCUT2D eigenvalue weighted by Crippen LogP contribution is 2.47. The minimum absolute atomic E-state index is 0.195. The molecule has 0 spiro atoms. The molecule has 0 N–H and O–H groups in total. The predicted molar refractivity (Wildman–Crippen MR) is 74.9 cm³/mol. The van der Waals surface area contributed by atoms with Crippen LogP contribution in [0.2, 0.25) is 0 Å². The van der Waals surface area contributed by atoms with Crippen molar-refractivity contribution in [3.63, 3.8) is 0 Å². The van der Waals surface area contributed by atoms with E-state index >= 15 is 0 Å². The molecule has 0 aromatic heterocycles. The van der Waals surface area contributed by atoms with E-state index in [1.807, 2.05) is 19.9 Å². The zero-order chi connectivity index (χ0) is 13.9. The van der Waals surface area contributed by atoms with Crippen molar-refractivity contribution < 1.29 is 14.3 Å². The van der Waals surface area contributed by atoms with Gasteiger partial charge in [0.25, 0.3) is 0 Å². The summed E-state index contributed by atoms with van der Waals surface area (Å²) in [5.74, 6) is 0.371. The van der Waals surface area contributed by atoms with Crippen molar-refractivity contribution in [3.05, 3.63) is 11.6 Å². The Hall–Kier alpha value is -0.830. The molecule has 0 amide bonds. The topological polar surface area (TPSA) is 35.5 Å². The fraction of sp³-hybridized carbons (Fsp3) is 0.812. The first-order chi connectivity index (χ1) is 9.11. The average Bonchev–Trinajstić information content (AvgIpc) is 2.45. The Morgan fingerprint density at radius 3 is 2.47 bits per heavy atom. The summed E-state index contributed by atoms with van der Waals surface area (Å²) < 4.78 is 11.5. The van der Waals surface area contributed by atoms with Crippen molar-refractivity contribution in [3.8, 4) is 0 Å². The summed E-state index contributed by atoms with van der Waals surface area (Å²) in [7, 11) is 0. The van der Waals surface area contributed by atoms with Crippen molar-refractivity contribution in [2.45, 2.75) is 71.0 Å². The lowest BCUT2D eigenvalue weighted by Crippen LogP contribution is -2.50. The third-order valence-electron chi connectivity index (χ3n) is 4.52. The van der Waals surface area contributed by atoms with E-state index in [2.05, 4.69) is 6.92 Å². The number of carbonyl (C=O) groups excluding carboxylic acids is 1. The SMILES string of the molecule is CCCOC(=O)/C(C)=C/C1(CC)OC2CCC1CC2. The van der Waals surface area contributed by atoms with E-state index in [1.54, 1.807) is 0 Å². The number of hydrogen-bond donors (Lipinski definition) is 0. The molecule has 108 valence electrons. The van der Waals surface area contributed by atoms with Gasteiger partial charge in [-0.3, -0.25) is 0 Å². The maximum atomic E-state index is 11.9. The summed E-state index contributed by atoms with van der Waals surface area (Å²) in [4.78, 5) is 11.9. The molecule has 3 rings (SSSR count). The van der Waals surface area contributed by atoms with Gasteiger partial charge in [0.1, 0.15) is 0 Å². The molecule has 3 heteroatoms. The van der Waals surface area contributed by atoms with Crippen molar-refractivity contribution in [2.24, 2.45) is 5.92 Å². The summed E-state index contributed by atoms with van der Waals surface area (Å²) in [6.07, 6.45) is 9.05. The van der Waals surface area contributed by atoms with Gasteiger partial charge < -0.3 is 9.47 Å². The molecule has 2 saturated heterocycles. The van der Waals surface area contributed by atoms with Crippen LogP contribution in [0.5, 0.6) is 0 Å². The molecule has 3 fully saturated rings. The first-order valence-electron chi connectivity index (χ1n) is 7.65. The Kier molecular flexibility index (Phi) is 4.67. The van der Waals surface area contributed by atoms with Gasteiger partial charge in [-0.15, -0.1) is 0 Å². The number of hydrogen-bond acceptors (Lipinski definition) is 3.